The van der Waals surface area contributed by atoms with Crippen LogP contribution in [-0.4, -0.2) is 39.7 Å². The number of hydrogen-bond acceptors (Lipinski definition) is 3. The summed E-state index contributed by atoms with van der Waals surface area (Å²) in [5, 5.41) is 8.39. The van der Waals surface area contributed by atoms with Crippen molar-refractivity contribution < 1.29 is 0 Å². The second kappa shape index (κ2) is 9.29. The summed E-state index contributed by atoms with van der Waals surface area (Å²) in [7, 11) is 5.55. The summed E-state index contributed by atoms with van der Waals surface area (Å²) in [6.07, 6.45) is 1.53. The quantitative estimate of drug-likeness (QED) is 0.425. The molecule has 0 aliphatic rings. The van der Waals surface area contributed by atoms with Crippen molar-refractivity contribution in [1.29, 1.82) is 0 Å². The van der Waals surface area contributed by atoms with E-state index in [1.54, 1.807) is 17.8 Å². The molecule has 0 atom stereocenters. The fraction of sp³-hybridized carbons (Fsp3) is 0.357. The largest absolute Gasteiger partial charge is 0.349 e. The second-order valence-corrected chi connectivity index (χ2v) is 5.62. The molecule has 0 spiro atoms. The third-order valence-electron chi connectivity index (χ3n) is 3.19. The number of benzene rings is 1. The molecule has 0 aliphatic carbocycles. The lowest BCUT2D eigenvalue weighted by Gasteiger charge is -2.22. The van der Waals surface area contributed by atoms with E-state index in [0.717, 1.165) is 17.3 Å². The van der Waals surface area contributed by atoms with Crippen LogP contribution in [-0.2, 0) is 20.1 Å². The molecule has 0 saturated heterocycles. The highest BCUT2D eigenvalue weighted by Crippen LogP contribution is 2.23. The average molecular weight is 469 g/mol. The minimum absolute atomic E-state index is 0. The van der Waals surface area contributed by atoms with Gasteiger partial charge in [0, 0.05) is 27.7 Å². The smallest absolute Gasteiger partial charge is 0.194 e. The lowest BCUT2D eigenvalue weighted by molar-refractivity contribution is 0.474. The third kappa shape index (κ3) is 5.50. The Kier molecular flexibility index (Phi) is 8.07. The molecular formula is C14H19Cl2IN6. The summed E-state index contributed by atoms with van der Waals surface area (Å²) in [6, 6.07) is 5.60. The van der Waals surface area contributed by atoms with Gasteiger partial charge in [0.1, 0.15) is 12.2 Å². The number of aryl methyl sites for hydroxylation is 1. The van der Waals surface area contributed by atoms with Crippen LogP contribution in [0, 0.1) is 0 Å². The number of hydrogen-bond donors (Lipinski definition) is 1. The SMILES string of the molecule is CN=C(NCc1ncnn1C)N(C)Cc1ccc(Cl)c(Cl)c1.I. The lowest BCUT2D eigenvalue weighted by Crippen LogP contribution is -2.38. The molecule has 0 amide bonds. The lowest BCUT2D eigenvalue weighted by atomic mass is 10.2. The van der Waals surface area contributed by atoms with Crippen molar-refractivity contribution in [2.24, 2.45) is 12.0 Å². The molecule has 1 heterocycles. The van der Waals surface area contributed by atoms with Crippen LogP contribution in [0.25, 0.3) is 0 Å². The van der Waals surface area contributed by atoms with Crippen molar-refractivity contribution in [2.75, 3.05) is 14.1 Å². The van der Waals surface area contributed by atoms with Crippen molar-refractivity contribution in [3.8, 4) is 0 Å². The summed E-state index contributed by atoms with van der Waals surface area (Å²) < 4.78 is 1.72. The Morgan fingerprint density at radius 2 is 2.09 bits per heavy atom. The first-order chi connectivity index (χ1) is 10.5. The van der Waals surface area contributed by atoms with Gasteiger partial charge in [-0.05, 0) is 17.7 Å². The van der Waals surface area contributed by atoms with Crippen LogP contribution >= 0.6 is 47.2 Å². The van der Waals surface area contributed by atoms with Crippen LogP contribution in [0.15, 0.2) is 29.5 Å². The average Bonchev–Trinajstić information content (AvgIpc) is 2.89. The molecule has 6 nitrogen and oxygen atoms in total. The Morgan fingerprint density at radius 3 is 2.65 bits per heavy atom. The number of guanidine groups is 1. The van der Waals surface area contributed by atoms with E-state index < -0.39 is 0 Å². The Labute approximate surface area is 162 Å². The van der Waals surface area contributed by atoms with Gasteiger partial charge >= 0.3 is 0 Å². The summed E-state index contributed by atoms with van der Waals surface area (Å²) >= 11 is 12.0. The molecule has 0 saturated carbocycles. The number of nitrogens with one attached hydrogen (secondary N) is 1. The van der Waals surface area contributed by atoms with Gasteiger partial charge in [0.15, 0.2) is 5.96 Å². The standard InChI is InChI=1S/C14H18Cl2N6.HI/c1-17-14(18-7-13-19-9-20-22(13)3)21(2)8-10-4-5-11(15)12(16)6-10;/h4-6,9H,7-8H2,1-3H3,(H,17,18);1H. The van der Waals surface area contributed by atoms with Crippen LogP contribution in [0.2, 0.25) is 10.0 Å². The van der Waals surface area contributed by atoms with Crippen LogP contribution in [0.3, 0.4) is 0 Å². The van der Waals surface area contributed by atoms with Gasteiger partial charge in [-0.1, -0.05) is 29.3 Å². The number of rotatable bonds is 4. The van der Waals surface area contributed by atoms with E-state index in [-0.39, 0.29) is 24.0 Å². The molecule has 23 heavy (non-hydrogen) atoms. The van der Waals surface area contributed by atoms with Crippen LogP contribution in [0.1, 0.15) is 11.4 Å². The zero-order valence-electron chi connectivity index (χ0n) is 13.1. The van der Waals surface area contributed by atoms with Crippen molar-refractivity contribution in [3.63, 3.8) is 0 Å². The maximum absolute atomic E-state index is 6.04. The first kappa shape index (κ1) is 20.0. The number of aliphatic imine (C=N–C) groups is 1. The molecule has 2 rings (SSSR count). The molecule has 1 N–H and O–H groups in total. The fourth-order valence-corrected chi connectivity index (χ4v) is 2.33. The molecule has 2 aromatic rings. The van der Waals surface area contributed by atoms with E-state index in [0.29, 0.717) is 23.1 Å². The minimum atomic E-state index is 0. The summed E-state index contributed by atoms with van der Waals surface area (Å²) in [5.74, 6) is 1.60. The molecule has 126 valence electrons. The molecule has 1 aromatic carbocycles. The van der Waals surface area contributed by atoms with Crippen molar-refractivity contribution in [3.05, 3.63) is 46.0 Å². The van der Waals surface area contributed by atoms with Gasteiger partial charge in [0.25, 0.3) is 0 Å². The highest BCUT2D eigenvalue weighted by atomic mass is 127. The molecular weight excluding hydrogens is 450 g/mol. The van der Waals surface area contributed by atoms with Gasteiger partial charge in [-0.3, -0.25) is 9.67 Å². The molecule has 9 heteroatoms. The summed E-state index contributed by atoms with van der Waals surface area (Å²) in [6.45, 7) is 1.21. The second-order valence-electron chi connectivity index (χ2n) is 4.81. The molecule has 0 fully saturated rings. The van der Waals surface area contributed by atoms with Crippen molar-refractivity contribution in [1.82, 2.24) is 25.0 Å². The van der Waals surface area contributed by atoms with Gasteiger partial charge in [-0.25, -0.2) is 4.98 Å². The van der Waals surface area contributed by atoms with Gasteiger partial charge in [0.05, 0.1) is 16.6 Å². The van der Waals surface area contributed by atoms with Gasteiger partial charge in [-0.2, -0.15) is 5.10 Å². The first-order valence-electron chi connectivity index (χ1n) is 6.70. The predicted molar refractivity (Wildman–Crippen MR) is 105 cm³/mol. The van der Waals surface area contributed by atoms with E-state index in [2.05, 4.69) is 20.4 Å². The summed E-state index contributed by atoms with van der Waals surface area (Å²) in [5.41, 5.74) is 1.05. The molecule has 0 unspecified atom stereocenters. The summed E-state index contributed by atoms with van der Waals surface area (Å²) in [4.78, 5) is 10.4. The highest BCUT2D eigenvalue weighted by molar-refractivity contribution is 14.0. The van der Waals surface area contributed by atoms with Gasteiger partial charge in [0.2, 0.25) is 0 Å². The number of nitrogens with zero attached hydrogens (tertiary/aromatic N) is 5. The van der Waals surface area contributed by atoms with E-state index in [4.69, 9.17) is 23.2 Å². The topological polar surface area (TPSA) is 58.3 Å². The van der Waals surface area contributed by atoms with E-state index >= 15 is 0 Å². The van der Waals surface area contributed by atoms with Crippen LogP contribution in [0.4, 0.5) is 0 Å². The normalized spacial score (nSPS) is 11.1. The molecule has 1 aromatic heterocycles. The first-order valence-corrected chi connectivity index (χ1v) is 7.45. The maximum atomic E-state index is 6.04. The van der Waals surface area contributed by atoms with Gasteiger partial charge in [-0.15, -0.1) is 24.0 Å². The Balaban J connectivity index is 0.00000264. The van der Waals surface area contributed by atoms with E-state index in [9.17, 15) is 0 Å². The monoisotopic (exact) mass is 468 g/mol. The highest BCUT2D eigenvalue weighted by Gasteiger charge is 2.09. The zero-order chi connectivity index (χ0) is 16.1. The minimum Gasteiger partial charge on any atom is -0.349 e. The zero-order valence-corrected chi connectivity index (χ0v) is 17.0. The van der Waals surface area contributed by atoms with Crippen molar-refractivity contribution >= 4 is 53.1 Å². The number of halogens is 3. The Morgan fingerprint density at radius 1 is 1.35 bits per heavy atom. The van der Waals surface area contributed by atoms with E-state index in [1.165, 1.54) is 6.33 Å². The molecule has 0 bridgehead atoms. The Bertz CT molecular complexity index is 673. The van der Waals surface area contributed by atoms with E-state index in [1.807, 2.05) is 31.1 Å². The maximum Gasteiger partial charge on any atom is 0.194 e. The Hall–Kier alpha value is -1.06. The van der Waals surface area contributed by atoms with Crippen LogP contribution < -0.4 is 5.32 Å². The molecule has 0 radical (unpaired) electrons. The third-order valence-corrected chi connectivity index (χ3v) is 3.93. The number of aromatic nitrogens is 3. The van der Waals surface area contributed by atoms with Crippen molar-refractivity contribution in [2.45, 2.75) is 13.1 Å². The predicted octanol–water partition coefficient (Wildman–Crippen LogP) is 2.95. The fourth-order valence-electron chi connectivity index (χ4n) is 2.01. The van der Waals surface area contributed by atoms with Gasteiger partial charge < -0.3 is 10.2 Å². The van der Waals surface area contributed by atoms with Crippen LogP contribution in [0.5, 0.6) is 0 Å². The molecule has 0 aliphatic heterocycles.